The van der Waals surface area contributed by atoms with E-state index in [9.17, 15) is 4.79 Å². The lowest BCUT2D eigenvalue weighted by atomic mass is 10.0. The van der Waals surface area contributed by atoms with Crippen LogP contribution in [0.4, 0.5) is 0 Å². The number of imidazole rings is 1. The molecule has 2 aromatic carbocycles. The van der Waals surface area contributed by atoms with Gasteiger partial charge in [0.05, 0.1) is 23.0 Å². The van der Waals surface area contributed by atoms with Crippen LogP contribution in [-0.2, 0) is 6.54 Å². The third-order valence-corrected chi connectivity index (χ3v) is 6.00. The van der Waals surface area contributed by atoms with Gasteiger partial charge in [0.1, 0.15) is 16.5 Å². The second kappa shape index (κ2) is 6.42. The van der Waals surface area contributed by atoms with Crippen LogP contribution in [0, 0.1) is 13.8 Å². The number of hydrogen-bond acceptors (Lipinski definition) is 4. The largest absolute Gasteiger partial charge is 0.321 e. The number of fused-ring (bicyclic) bond motifs is 2. The number of nitrogens with one attached hydrogen (secondary N) is 1. The van der Waals surface area contributed by atoms with Crippen LogP contribution in [0.1, 0.15) is 16.5 Å². The molecule has 0 aliphatic rings. The number of aromatic nitrogens is 4. The number of aryl methyl sites for hydroxylation is 2. The summed E-state index contributed by atoms with van der Waals surface area (Å²) in [6, 6.07) is 18.0. The molecule has 0 bridgehead atoms. The number of hydrogen-bond donors (Lipinski definition) is 1. The first-order valence-electron chi connectivity index (χ1n) is 9.11. The van der Waals surface area contributed by atoms with Gasteiger partial charge in [-0.15, -0.1) is 11.3 Å². The lowest BCUT2D eigenvalue weighted by Gasteiger charge is -2.07. The van der Waals surface area contributed by atoms with E-state index >= 15 is 0 Å². The van der Waals surface area contributed by atoms with E-state index in [1.165, 1.54) is 0 Å². The first-order valence-corrected chi connectivity index (χ1v) is 9.93. The fourth-order valence-corrected chi connectivity index (χ4v) is 4.80. The third-order valence-electron chi connectivity index (χ3n) is 5.00. The van der Waals surface area contributed by atoms with Gasteiger partial charge in [0.25, 0.3) is 5.56 Å². The van der Waals surface area contributed by atoms with Gasteiger partial charge in [0.15, 0.2) is 0 Å². The van der Waals surface area contributed by atoms with Crippen molar-refractivity contribution in [2.75, 3.05) is 0 Å². The van der Waals surface area contributed by atoms with Crippen LogP contribution in [0.3, 0.4) is 0 Å². The highest BCUT2D eigenvalue weighted by atomic mass is 32.1. The second-order valence-electron chi connectivity index (χ2n) is 6.83. The van der Waals surface area contributed by atoms with Crippen molar-refractivity contribution in [2.45, 2.75) is 20.4 Å². The van der Waals surface area contributed by atoms with E-state index in [4.69, 9.17) is 4.98 Å². The average molecular weight is 386 g/mol. The molecule has 0 atom stereocenters. The van der Waals surface area contributed by atoms with Gasteiger partial charge in [-0.05, 0) is 31.5 Å². The molecule has 5 rings (SSSR count). The van der Waals surface area contributed by atoms with E-state index in [1.54, 1.807) is 11.3 Å². The van der Waals surface area contributed by atoms with Crippen LogP contribution < -0.4 is 5.56 Å². The Bertz CT molecular complexity index is 1380. The summed E-state index contributed by atoms with van der Waals surface area (Å²) in [6.07, 6.45) is 0. The molecule has 3 aromatic heterocycles. The normalized spacial score (nSPS) is 11.5. The summed E-state index contributed by atoms with van der Waals surface area (Å²) in [5.74, 6) is 1.54. The molecule has 0 unspecified atom stereocenters. The van der Waals surface area contributed by atoms with Crippen LogP contribution in [0.25, 0.3) is 32.4 Å². The summed E-state index contributed by atoms with van der Waals surface area (Å²) in [5.41, 5.74) is 3.91. The fraction of sp³-hybridized carbons (Fsp3) is 0.136. The number of nitrogens with zero attached hydrogens (tertiary/aromatic N) is 3. The topological polar surface area (TPSA) is 63.6 Å². The highest BCUT2D eigenvalue weighted by Gasteiger charge is 2.17. The summed E-state index contributed by atoms with van der Waals surface area (Å²) in [5, 5.41) is 0.671. The molecule has 28 heavy (non-hydrogen) atoms. The zero-order valence-corrected chi connectivity index (χ0v) is 16.4. The molecule has 0 amide bonds. The zero-order valence-electron chi connectivity index (χ0n) is 15.6. The SMILES string of the molecule is Cc1sc2nc(Cn3c(C)nc4ccccc43)[nH]c(=O)c2c1-c1ccccc1. The predicted octanol–water partition coefficient (Wildman–Crippen LogP) is 4.67. The van der Waals surface area contributed by atoms with Crippen molar-refractivity contribution in [3.05, 3.63) is 81.5 Å². The number of H-pyrrole nitrogens is 1. The predicted molar refractivity (Wildman–Crippen MR) is 114 cm³/mol. The monoisotopic (exact) mass is 386 g/mol. The summed E-state index contributed by atoms with van der Waals surface area (Å²) in [4.78, 5) is 27.2. The Kier molecular flexibility index (Phi) is 3.87. The Morgan fingerprint density at radius 3 is 2.57 bits per heavy atom. The Morgan fingerprint density at radius 1 is 1.00 bits per heavy atom. The molecule has 0 aliphatic carbocycles. The van der Waals surface area contributed by atoms with Crippen LogP contribution in [-0.4, -0.2) is 19.5 Å². The van der Waals surface area contributed by atoms with E-state index < -0.39 is 0 Å². The minimum absolute atomic E-state index is 0.0923. The van der Waals surface area contributed by atoms with Crippen LogP contribution in [0.2, 0.25) is 0 Å². The van der Waals surface area contributed by atoms with Crippen LogP contribution in [0.5, 0.6) is 0 Å². The average Bonchev–Trinajstić information content (AvgIpc) is 3.19. The van der Waals surface area contributed by atoms with Crippen molar-refractivity contribution in [3.8, 4) is 11.1 Å². The molecule has 0 radical (unpaired) electrons. The van der Waals surface area contributed by atoms with Crippen molar-refractivity contribution in [1.29, 1.82) is 0 Å². The summed E-state index contributed by atoms with van der Waals surface area (Å²) < 4.78 is 2.08. The van der Waals surface area contributed by atoms with Crippen LogP contribution >= 0.6 is 11.3 Å². The van der Waals surface area contributed by atoms with Crippen molar-refractivity contribution < 1.29 is 0 Å². The Labute approximate surface area is 165 Å². The molecule has 0 saturated heterocycles. The Balaban J connectivity index is 1.65. The van der Waals surface area contributed by atoms with E-state index in [-0.39, 0.29) is 5.56 Å². The molecule has 0 fully saturated rings. The van der Waals surface area contributed by atoms with E-state index in [2.05, 4.69) is 14.5 Å². The standard InChI is InChI=1S/C22H18N4OS/c1-13-19(15-8-4-3-5-9-15)20-21(27)24-18(25-22(20)28-13)12-26-14(2)23-16-10-6-7-11-17(16)26/h3-11H,12H2,1-2H3,(H,24,25,27). The zero-order chi connectivity index (χ0) is 19.3. The van der Waals surface area contributed by atoms with Gasteiger partial charge in [-0.1, -0.05) is 42.5 Å². The third kappa shape index (κ3) is 2.65. The minimum Gasteiger partial charge on any atom is -0.321 e. The molecule has 0 spiro atoms. The van der Waals surface area contributed by atoms with Gasteiger partial charge in [0.2, 0.25) is 0 Å². The van der Waals surface area contributed by atoms with E-state index in [1.807, 2.05) is 68.4 Å². The summed E-state index contributed by atoms with van der Waals surface area (Å²) in [7, 11) is 0. The molecule has 0 saturated carbocycles. The lowest BCUT2D eigenvalue weighted by Crippen LogP contribution is -2.14. The van der Waals surface area contributed by atoms with Gasteiger partial charge in [-0.25, -0.2) is 9.97 Å². The van der Waals surface area contributed by atoms with Gasteiger partial charge in [0, 0.05) is 10.4 Å². The number of thiophene rings is 1. The number of rotatable bonds is 3. The molecular weight excluding hydrogens is 368 g/mol. The summed E-state index contributed by atoms with van der Waals surface area (Å²) in [6.45, 7) is 4.50. The van der Waals surface area contributed by atoms with Gasteiger partial charge >= 0.3 is 0 Å². The van der Waals surface area contributed by atoms with E-state index in [0.29, 0.717) is 17.8 Å². The quantitative estimate of drug-likeness (QED) is 0.490. The number of aromatic amines is 1. The van der Waals surface area contributed by atoms with Crippen LogP contribution in [0.15, 0.2) is 59.4 Å². The molecule has 5 aromatic rings. The van der Waals surface area contributed by atoms with E-state index in [0.717, 1.165) is 37.7 Å². The maximum atomic E-state index is 13.0. The van der Waals surface area contributed by atoms with Crippen molar-refractivity contribution >= 4 is 32.6 Å². The highest BCUT2D eigenvalue weighted by molar-refractivity contribution is 7.19. The molecule has 138 valence electrons. The molecular formula is C22H18N4OS. The first-order chi connectivity index (χ1) is 13.6. The Morgan fingerprint density at radius 2 is 1.75 bits per heavy atom. The summed E-state index contributed by atoms with van der Waals surface area (Å²) >= 11 is 1.57. The fourth-order valence-electron chi connectivity index (χ4n) is 3.74. The molecule has 5 nitrogen and oxygen atoms in total. The van der Waals surface area contributed by atoms with Crippen molar-refractivity contribution in [3.63, 3.8) is 0 Å². The van der Waals surface area contributed by atoms with Gasteiger partial charge < -0.3 is 9.55 Å². The van der Waals surface area contributed by atoms with Gasteiger partial charge in [-0.2, -0.15) is 0 Å². The number of benzene rings is 2. The smallest absolute Gasteiger partial charge is 0.260 e. The Hall–Kier alpha value is -3.25. The van der Waals surface area contributed by atoms with Crippen molar-refractivity contribution in [2.24, 2.45) is 0 Å². The van der Waals surface area contributed by atoms with Crippen molar-refractivity contribution in [1.82, 2.24) is 19.5 Å². The minimum atomic E-state index is -0.0923. The van der Waals surface area contributed by atoms with Gasteiger partial charge in [-0.3, -0.25) is 4.79 Å². The molecule has 3 heterocycles. The molecule has 6 heteroatoms. The molecule has 0 aliphatic heterocycles. The number of para-hydroxylation sites is 2. The maximum absolute atomic E-state index is 13.0. The first kappa shape index (κ1) is 16.9. The maximum Gasteiger partial charge on any atom is 0.260 e. The second-order valence-corrected chi connectivity index (χ2v) is 8.03. The molecule has 1 N–H and O–H groups in total. The highest BCUT2D eigenvalue weighted by Crippen LogP contribution is 2.35. The lowest BCUT2D eigenvalue weighted by molar-refractivity contribution is 0.739.